The first-order valence-corrected chi connectivity index (χ1v) is 5.96. The van der Waals surface area contributed by atoms with Crippen LogP contribution in [0.2, 0.25) is 0 Å². The zero-order valence-electron chi connectivity index (χ0n) is 17.9. The summed E-state index contributed by atoms with van der Waals surface area (Å²) >= 11 is 0. The van der Waals surface area contributed by atoms with Crippen molar-refractivity contribution in [3.63, 3.8) is 0 Å². The molecule has 4 nitrogen and oxygen atoms in total. The minimum absolute atomic E-state index is 0.115. The number of nitrogens with zero attached hydrogens (tertiary/aromatic N) is 2. The Morgan fingerprint density at radius 3 is 2.84 bits per heavy atom. The van der Waals surface area contributed by atoms with Gasteiger partial charge in [0.2, 0.25) is 0 Å². The third-order valence-electron chi connectivity index (χ3n) is 2.52. The third-order valence-corrected chi connectivity index (χ3v) is 2.52. The normalized spacial score (nSPS) is 20.5. The standard InChI is InChI=1S/C15H21N3O/c1-17(2)11-12-19-15(13-7-5-4-6-8-13)14-9-10-16-18(14)3/h4-10,15H,11-12H2,1-3H3/p+1/i3D3,11D2,12D2. The number of ether oxygens (including phenoxy) is 1. The summed E-state index contributed by atoms with van der Waals surface area (Å²) in [5.41, 5.74) is 0.608. The van der Waals surface area contributed by atoms with Crippen molar-refractivity contribution < 1.29 is 19.2 Å². The van der Waals surface area contributed by atoms with Gasteiger partial charge in [0.25, 0.3) is 0 Å². The number of benzene rings is 1. The molecule has 0 saturated heterocycles. The van der Waals surface area contributed by atoms with Crippen LogP contribution in [0.1, 0.15) is 27.0 Å². The van der Waals surface area contributed by atoms with Gasteiger partial charge in [-0.15, -0.1) is 0 Å². The van der Waals surface area contributed by atoms with Crippen molar-refractivity contribution in [3.8, 4) is 0 Å². The Morgan fingerprint density at radius 1 is 1.37 bits per heavy atom. The van der Waals surface area contributed by atoms with Crippen LogP contribution in [0.25, 0.3) is 0 Å². The van der Waals surface area contributed by atoms with Crippen LogP contribution in [0.3, 0.4) is 0 Å². The summed E-state index contributed by atoms with van der Waals surface area (Å²) in [6.45, 7) is -7.64. The van der Waals surface area contributed by atoms with Crippen LogP contribution in [0.5, 0.6) is 0 Å². The largest absolute Gasteiger partial charge is 0.361 e. The Morgan fingerprint density at radius 2 is 2.16 bits per heavy atom. The highest BCUT2D eigenvalue weighted by molar-refractivity contribution is 5.25. The number of hydrogen-bond acceptors (Lipinski definition) is 2. The molecular formula is C15H22N3O+. The first kappa shape index (κ1) is 7.22. The first-order valence-electron chi connectivity index (χ1n) is 9.46. The molecule has 102 valence electrons. The number of quaternary nitrogens is 1. The molecule has 1 N–H and O–H groups in total. The molecule has 0 aliphatic carbocycles. The van der Waals surface area contributed by atoms with E-state index >= 15 is 0 Å². The Bertz CT molecular complexity index is 728. The van der Waals surface area contributed by atoms with E-state index in [-0.39, 0.29) is 10.6 Å². The summed E-state index contributed by atoms with van der Waals surface area (Å²) in [4.78, 5) is 0.207. The van der Waals surface area contributed by atoms with Gasteiger partial charge < -0.3 is 9.64 Å². The number of nitrogens with one attached hydrogen (secondary N) is 1. The lowest BCUT2D eigenvalue weighted by Gasteiger charge is -2.19. The van der Waals surface area contributed by atoms with Crippen LogP contribution in [0.15, 0.2) is 42.6 Å². The second-order valence-electron chi connectivity index (χ2n) is 4.30. The van der Waals surface area contributed by atoms with Crippen LogP contribution >= 0.6 is 0 Å². The molecule has 0 saturated carbocycles. The lowest BCUT2D eigenvalue weighted by molar-refractivity contribution is -0.858. The van der Waals surface area contributed by atoms with Gasteiger partial charge in [0, 0.05) is 17.3 Å². The van der Waals surface area contributed by atoms with Gasteiger partial charge in [-0.25, -0.2) is 0 Å². The molecule has 1 unspecified atom stereocenters. The van der Waals surface area contributed by atoms with Gasteiger partial charge in [-0.2, -0.15) is 5.10 Å². The number of aryl methyl sites for hydroxylation is 1. The van der Waals surface area contributed by atoms with Crippen molar-refractivity contribution in [2.24, 2.45) is 6.98 Å². The first-order chi connectivity index (χ1) is 11.9. The summed E-state index contributed by atoms with van der Waals surface area (Å²) in [7, 11) is 2.96. The quantitative estimate of drug-likeness (QED) is 0.834. The van der Waals surface area contributed by atoms with Crippen molar-refractivity contribution in [1.82, 2.24) is 9.78 Å². The molecule has 2 rings (SSSR count). The zero-order valence-corrected chi connectivity index (χ0v) is 10.9. The third kappa shape index (κ3) is 3.66. The van der Waals surface area contributed by atoms with E-state index in [0.717, 1.165) is 4.68 Å². The molecule has 1 aromatic carbocycles. The number of hydrogen-bond donors (Lipinski definition) is 1. The van der Waals surface area contributed by atoms with Gasteiger partial charge in [0.1, 0.15) is 12.6 Å². The van der Waals surface area contributed by atoms with Crippen molar-refractivity contribution in [2.45, 2.75) is 6.10 Å². The van der Waals surface area contributed by atoms with Gasteiger partial charge >= 0.3 is 0 Å². The average molecular weight is 267 g/mol. The Kier molecular flexibility index (Phi) is 2.47. The molecule has 2 aromatic rings. The molecular weight excluding hydrogens is 238 g/mol. The molecule has 1 aromatic heterocycles. The Balaban J connectivity index is 2.53. The Hall–Kier alpha value is -1.65. The van der Waals surface area contributed by atoms with Gasteiger partial charge in [0.05, 0.1) is 31.8 Å². The van der Waals surface area contributed by atoms with Gasteiger partial charge in [-0.05, 0) is 11.6 Å². The predicted octanol–water partition coefficient (Wildman–Crippen LogP) is 0.671. The van der Waals surface area contributed by atoms with Crippen molar-refractivity contribution >= 4 is 0 Å². The highest BCUT2D eigenvalue weighted by atomic mass is 16.5. The second kappa shape index (κ2) is 6.50. The summed E-state index contributed by atoms with van der Waals surface area (Å²) in [5, 5.41) is 3.81. The molecule has 1 atom stereocenters. The molecule has 0 fully saturated rings. The van der Waals surface area contributed by atoms with E-state index in [1.54, 1.807) is 30.3 Å². The van der Waals surface area contributed by atoms with Crippen LogP contribution < -0.4 is 4.90 Å². The summed E-state index contributed by atoms with van der Waals surface area (Å²) in [6, 6.07) is 9.94. The fraction of sp³-hybridized carbons (Fsp3) is 0.400. The molecule has 19 heavy (non-hydrogen) atoms. The van der Waals surface area contributed by atoms with Crippen LogP contribution in [0, 0.1) is 0 Å². The summed E-state index contributed by atoms with van der Waals surface area (Å²) < 4.78 is 61.6. The molecule has 0 aliphatic heterocycles. The van der Waals surface area contributed by atoms with Gasteiger partial charge in [-0.3, -0.25) is 4.68 Å². The van der Waals surface area contributed by atoms with Gasteiger partial charge in [0.15, 0.2) is 0 Å². The lowest BCUT2D eigenvalue weighted by atomic mass is 10.1. The Labute approximate surface area is 124 Å². The van der Waals surface area contributed by atoms with E-state index in [4.69, 9.17) is 14.3 Å². The lowest BCUT2D eigenvalue weighted by Crippen LogP contribution is -3.06. The minimum atomic E-state index is -2.70. The molecule has 4 heteroatoms. The van der Waals surface area contributed by atoms with E-state index < -0.39 is 26.1 Å². The van der Waals surface area contributed by atoms with E-state index in [0.29, 0.717) is 5.56 Å². The molecule has 0 aliphatic rings. The monoisotopic (exact) mass is 267 g/mol. The van der Waals surface area contributed by atoms with E-state index in [9.17, 15) is 0 Å². The fourth-order valence-electron chi connectivity index (χ4n) is 1.63. The van der Waals surface area contributed by atoms with E-state index in [2.05, 4.69) is 5.10 Å². The van der Waals surface area contributed by atoms with Crippen molar-refractivity contribution in [2.75, 3.05) is 27.2 Å². The number of rotatable bonds is 6. The molecule has 1 heterocycles. The van der Waals surface area contributed by atoms with Crippen LogP contribution in [-0.4, -0.2) is 36.9 Å². The van der Waals surface area contributed by atoms with Crippen molar-refractivity contribution in [3.05, 3.63) is 53.9 Å². The summed E-state index contributed by atoms with van der Waals surface area (Å²) in [5.74, 6) is 0. The maximum Gasteiger partial charge on any atom is 0.124 e. The number of likely N-dealkylation sites (N-methyl/N-ethyl adjacent to an activating group) is 1. The average Bonchev–Trinajstić information content (AvgIpc) is 3.02. The van der Waals surface area contributed by atoms with E-state index in [1.807, 2.05) is 0 Å². The maximum absolute atomic E-state index is 8.15. The number of aromatic nitrogens is 2. The van der Waals surface area contributed by atoms with Gasteiger partial charge in [-0.1, -0.05) is 30.3 Å². The fourth-order valence-corrected chi connectivity index (χ4v) is 1.63. The summed E-state index contributed by atoms with van der Waals surface area (Å²) in [6.07, 6.45) is 0.145. The molecule has 0 bridgehead atoms. The smallest absolute Gasteiger partial charge is 0.124 e. The zero-order chi connectivity index (χ0) is 19.8. The topological polar surface area (TPSA) is 31.5 Å². The molecule has 0 radical (unpaired) electrons. The minimum Gasteiger partial charge on any atom is -0.361 e. The second-order valence-corrected chi connectivity index (χ2v) is 4.30. The predicted molar refractivity (Wildman–Crippen MR) is 75.1 cm³/mol. The molecule has 0 spiro atoms. The van der Waals surface area contributed by atoms with E-state index in [1.165, 1.54) is 26.4 Å². The SMILES string of the molecule is [2H]C([2H])([2H])n1nccc1C(OC([2H])([2H])C([2H])([2H])[NH+](C)C)c1ccccc1. The van der Waals surface area contributed by atoms with Crippen LogP contribution in [0.4, 0.5) is 0 Å². The molecule has 0 amide bonds. The highest BCUT2D eigenvalue weighted by Gasteiger charge is 2.18. The maximum atomic E-state index is 8.15. The van der Waals surface area contributed by atoms with Crippen molar-refractivity contribution in [1.29, 1.82) is 0 Å². The highest BCUT2D eigenvalue weighted by Crippen LogP contribution is 2.24. The van der Waals surface area contributed by atoms with Crippen LogP contribution in [-0.2, 0) is 11.7 Å².